The van der Waals surface area contributed by atoms with Crippen molar-refractivity contribution in [2.24, 2.45) is 11.8 Å². The maximum Gasteiger partial charge on any atom is 0.328 e. The van der Waals surface area contributed by atoms with E-state index in [1.807, 2.05) is 0 Å². The molecular weight excluding hydrogens is 410 g/mol. The van der Waals surface area contributed by atoms with Crippen LogP contribution in [0.15, 0.2) is 52.1 Å². The number of aromatic nitrogens is 2. The van der Waals surface area contributed by atoms with Crippen LogP contribution in [0.5, 0.6) is 11.5 Å². The third-order valence-electron chi connectivity index (χ3n) is 6.20. The molecule has 1 heterocycles. The van der Waals surface area contributed by atoms with Crippen molar-refractivity contribution in [1.82, 2.24) is 9.55 Å². The van der Waals surface area contributed by atoms with Gasteiger partial charge in [-0.2, -0.15) is 0 Å². The van der Waals surface area contributed by atoms with Gasteiger partial charge in [0.1, 0.15) is 0 Å². The zero-order valence-electron chi connectivity index (χ0n) is 18.2. The number of anilines is 1. The van der Waals surface area contributed by atoms with Crippen LogP contribution in [0, 0.1) is 11.8 Å². The fraction of sp³-hybridized carbons (Fsp3) is 0.375. The van der Waals surface area contributed by atoms with E-state index < -0.39 is 0 Å². The number of fused-ring (bicyclic) bond motifs is 1. The minimum atomic E-state index is -0.387. The SMILES string of the molecule is COc1ccc(NC(=O)C2CCC(Cn3c(=O)[nH]c4ccccc4c3=O)CC2)cc1OC. The topological polar surface area (TPSA) is 102 Å². The fourth-order valence-corrected chi connectivity index (χ4v) is 4.39. The molecule has 1 amide bonds. The van der Waals surface area contributed by atoms with Gasteiger partial charge in [-0.05, 0) is 55.9 Å². The van der Waals surface area contributed by atoms with Crippen LogP contribution in [0.2, 0.25) is 0 Å². The van der Waals surface area contributed by atoms with Gasteiger partial charge < -0.3 is 19.8 Å². The Hall–Kier alpha value is -3.55. The average molecular weight is 437 g/mol. The number of benzene rings is 2. The van der Waals surface area contributed by atoms with Crippen LogP contribution in [0.25, 0.3) is 10.9 Å². The zero-order chi connectivity index (χ0) is 22.7. The van der Waals surface area contributed by atoms with Crippen LogP contribution in [0.4, 0.5) is 5.69 Å². The predicted octanol–water partition coefficient (Wildman–Crippen LogP) is 3.15. The number of hydrogen-bond acceptors (Lipinski definition) is 5. The number of amides is 1. The quantitative estimate of drug-likeness (QED) is 0.617. The number of nitrogens with one attached hydrogen (secondary N) is 2. The van der Waals surface area contributed by atoms with Crippen LogP contribution in [-0.2, 0) is 11.3 Å². The molecular formula is C24H27N3O5. The molecule has 1 saturated carbocycles. The van der Waals surface area contributed by atoms with Crippen LogP contribution in [0.3, 0.4) is 0 Å². The Morgan fingerprint density at radius 3 is 2.47 bits per heavy atom. The molecule has 0 atom stereocenters. The van der Waals surface area contributed by atoms with Crippen molar-refractivity contribution in [3.8, 4) is 11.5 Å². The lowest BCUT2D eigenvalue weighted by atomic mass is 9.81. The monoisotopic (exact) mass is 437 g/mol. The van der Waals surface area contributed by atoms with Gasteiger partial charge >= 0.3 is 5.69 Å². The summed E-state index contributed by atoms with van der Waals surface area (Å²) in [7, 11) is 3.12. The second-order valence-corrected chi connectivity index (χ2v) is 8.17. The number of nitrogens with zero attached hydrogens (tertiary/aromatic N) is 1. The van der Waals surface area contributed by atoms with E-state index in [1.165, 1.54) is 4.57 Å². The molecule has 0 saturated heterocycles. The van der Waals surface area contributed by atoms with Crippen LogP contribution in [-0.4, -0.2) is 29.7 Å². The van der Waals surface area contributed by atoms with E-state index >= 15 is 0 Å². The third kappa shape index (κ3) is 4.39. The lowest BCUT2D eigenvalue weighted by Crippen LogP contribution is -2.38. The lowest BCUT2D eigenvalue weighted by Gasteiger charge is -2.28. The molecule has 8 heteroatoms. The molecule has 2 aromatic carbocycles. The normalized spacial score (nSPS) is 18.3. The molecule has 1 fully saturated rings. The van der Waals surface area contributed by atoms with Gasteiger partial charge in [-0.15, -0.1) is 0 Å². The van der Waals surface area contributed by atoms with E-state index in [1.54, 1.807) is 56.7 Å². The molecule has 2 N–H and O–H groups in total. The van der Waals surface area contributed by atoms with Gasteiger partial charge in [0.05, 0.1) is 25.1 Å². The Bertz CT molecular complexity index is 1240. The summed E-state index contributed by atoms with van der Waals surface area (Å²) >= 11 is 0. The van der Waals surface area contributed by atoms with Crippen molar-refractivity contribution in [2.75, 3.05) is 19.5 Å². The van der Waals surface area contributed by atoms with Gasteiger partial charge in [0.2, 0.25) is 5.91 Å². The number of aromatic amines is 1. The molecule has 0 radical (unpaired) electrons. The molecule has 32 heavy (non-hydrogen) atoms. The van der Waals surface area contributed by atoms with E-state index in [0.717, 1.165) is 12.8 Å². The maximum absolute atomic E-state index is 12.8. The van der Waals surface area contributed by atoms with Gasteiger partial charge in [-0.25, -0.2) is 4.79 Å². The molecule has 0 bridgehead atoms. The zero-order valence-corrected chi connectivity index (χ0v) is 18.2. The Morgan fingerprint density at radius 1 is 1.03 bits per heavy atom. The first-order valence-corrected chi connectivity index (χ1v) is 10.7. The smallest absolute Gasteiger partial charge is 0.328 e. The second-order valence-electron chi connectivity index (χ2n) is 8.17. The third-order valence-corrected chi connectivity index (χ3v) is 6.20. The van der Waals surface area contributed by atoms with E-state index in [-0.39, 0.29) is 29.0 Å². The van der Waals surface area contributed by atoms with Gasteiger partial charge in [0.15, 0.2) is 11.5 Å². The summed E-state index contributed by atoms with van der Waals surface area (Å²) in [5.74, 6) is 1.20. The van der Waals surface area contributed by atoms with Gasteiger partial charge in [0.25, 0.3) is 5.56 Å². The van der Waals surface area contributed by atoms with Crippen molar-refractivity contribution in [3.05, 3.63) is 63.3 Å². The maximum atomic E-state index is 12.8. The molecule has 0 aliphatic heterocycles. The summed E-state index contributed by atoms with van der Waals surface area (Å²) in [5, 5.41) is 3.47. The average Bonchev–Trinajstić information content (AvgIpc) is 2.82. The summed E-state index contributed by atoms with van der Waals surface area (Å²) in [4.78, 5) is 40.7. The number of carbonyl (C=O) groups is 1. The Morgan fingerprint density at radius 2 is 1.75 bits per heavy atom. The Labute approximate surface area is 185 Å². The lowest BCUT2D eigenvalue weighted by molar-refractivity contribution is -0.121. The molecule has 168 valence electrons. The van der Waals surface area contributed by atoms with Crippen molar-refractivity contribution in [3.63, 3.8) is 0 Å². The molecule has 1 aliphatic carbocycles. The highest BCUT2D eigenvalue weighted by Gasteiger charge is 2.27. The summed E-state index contributed by atoms with van der Waals surface area (Å²) in [6.07, 6.45) is 2.99. The summed E-state index contributed by atoms with van der Waals surface area (Å²) < 4.78 is 11.8. The van der Waals surface area contributed by atoms with Crippen molar-refractivity contribution < 1.29 is 14.3 Å². The van der Waals surface area contributed by atoms with Crippen LogP contribution in [0.1, 0.15) is 25.7 Å². The number of para-hydroxylation sites is 1. The minimum absolute atomic E-state index is 0.0311. The number of hydrogen-bond donors (Lipinski definition) is 2. The molecule has 8 nitrogen and oxygen atoms in total. The number of methoxy groups -OCH3 is 2. The van der Waals surface area contributed by atoms with Crippen molar-refractivity contribution >= 4 is 22.5 Å². The summed E-state index contributed by atoms with van der Waals surface area (Å²) in [6, 6.07) is 12.3. The van der Waals surface area contributed by atoms with E-state index in [2.05, 4.69) is 10.3 Å². The summed E-state index contributed by atoms with van der Waals surface area (Å²) in [6.45, 7) is 0.364. The van der Waals surface area contributed by atoms with Crippen LogP contribution < -0.4 is 26.0 Å². The number of H-pyrrole nitrogens is 1. The van der Waals surface area contributed by atoms with Crippen molar-refractivity contribution in [2.45, 2.75) is 32.2 Å². The molecule has 4 rings (SSSR count). The predicted molar refractivity (Wildman–Crippen MR) is 122 cm³/mol. The van der Waals surface area contributed by atoms with E-state index in [9.17, 15) is 14.4 Å². The first kappa shape index (κ1) is 21.7. The molecule has 1 aliphatic rings. The van der Waals surface area contributed by atoms with E-state index in [4.69, 9.17) is 9.47 Å². The first-order valence-electron chi connectivity index (χ1n) is 10.7. The second kappa shape index (κ2) is 9.30. The standard InChI is InChI=1S/C24H27N3O5/c1-31-20-12-11-17(13-21(20)32-2)25-22(28)16-9-7-15(8-10-16)14-27-23(29)18-5-3-4-6-19(18)26-24(27)30/h3-6,11-13,15-16H,7-10,14H2,1-2H3,(H,25,28)(H,26,30). The fourth-order valence-electron chi connectivity index (χ4n) is 4.39. The first-order chi connectivity index (χ1) is 15.5. The van der Waals surface area contributed by atoms with Crippen molar-refractivity contribution in [1.29, 1.82) is 0 Å². The molecule has 0 spiro atoms. The van der Waals surface area contributed by atoms with Gasteiger partial charge in [-0.1, -0.05) is 12.1 Å². The summed E-state index contributed by atoms with van der Waals surface area (Å²) in [5.41, 5.74) is 0.554. The van der Waals surface area contributed by atoms with Gasteiger partial charge in [0, 0.05) is 24.2 Å². The van der Waals surface area contributed by atoms with E-state index in [0.29, 0.717) is 47.5 Å². The number of rotatable bonds is 6. The number of carbonyl (C=O) groups excluding carboxylic acids is 1. The Balaban J connectivity index is 1.38. The van der Waals surface area contributed by atoms with Gasteiger partial charge in [-0.3, -0.25) is 14.2 Å². The van der Waals surface area contributed by atoms with Crippen LogP contribution >= 0.6 is 0 Å². The highest BCUT2D eigenvalue weighted by molar-refractivity contribution is 5.93. The molecule has 3 aromatic rings. The largest absolute Gasteiger partial charge is 0.493 e. The number of ether oxygens (including phenoxy) is 2. The highest BCUT2D eigenvalue weighted by Crippen LogP contribution is 2.32. The Kier molecular flexibility index (Phi) is 6.30. The molecule has 1 aromatic heterocycles. The minimum Gasteiger partial charge on any atom is -0.493 e. The molecule has 0 unspecified atom stereocenters. The highest BCUT2D eigenvalue weighted by atomic mass is 16.5.